The van der Waals surface area contributed by atoms with Gasteiger partial charge in [-0.05, 0) is 33.7 Å². The summed E-state index contributed by atoms with van der Waals surface area (Å²) in [5, 5.41) is 0. The van der Waals surface area contributed by atoms with Crippen LogP contribution in [0.15, 0.2) is 0 Å². The first-order valence-electron chi connectivity index (χ1n) is 7.30. The van der Waals surface area contributed by atoms with Crippen LogP contribution in [-0.4, -0.2) is 74.0 Å². The van der Waals surface area contributed by atoms with Crippen molar-refractivity contribution >= 4 is 6.09 Å². The molecular weight excluding hydrogens is 258 g/mol. The van der Waals surface area contributed by atoms with Gasteiger partial charge < -0.3 is 20.1 Å². The monoisotopic (exact) mass is 287 g/mol. The number of ether oxygens (including phenoxy) is 2. The molecule has 0 spiro atoms. The number of nitrogens with two attached hydrogens (primary N) is 1. The number of hydrogen-bond donors (Lipinski definition) is 1. The van der Waals surface area contributed by atoms with Gasteiger partial charge in [-0.1, -0.05) is 0 Å². The maximum Gasteiger partial charge on any atom is 0.410 e. The van der Waals surface area contributed by atoms with Gasteiger partial charge >= 0.3 is 6.09 Å². The van der Waals surface area contributed by atoms with Crippen LogP contribution in [0.3, 0.4) is 0 Å². The molecule has 1 aliphatic rings. The molecule has 1 rings (SSSR count). The highest BCUT2D eigenvalue weighted by Crippen LogP contribution is 2.10. The highest BCUT2D eigenvalue weighted by molar-refractivity contribution is 5.67. The van der Waals surface area contributed by atoms with Crippen molar-refractivity contribution in [2.75, 3.05) is 46.4 Å². The molecule has 2 N–H and O–H groups in total. The molecule has 6 heteroatoms. The number of likely N-dealkylation sites (N-methyl/N-ethyl adjacent to an activating group) is 1. The molecule has 1 fully saturated rings. The van der Waals surface area contributed by atoms with E-state index in [-0.39, 0.29) is 12.2 Å². The second-order valence-electron chi connectivity index (χ2n) is 6.27. The number of amides is 1. The molecule has 0 aromatic rings. The molecule has 0 bridgehead atoms. The summed E-state index contributed by atoms with van der Waals surface area (Å²) < 4.78 is 11.0. The zero-order valence-electron chi connectivity index (χ0n) is 13.2. The Morgan fingerprint density at radius 1 is 1.50 bits per heavy atom. The van der Waals surface area contributed by atoms with Crippen molar-refractivity contribution in [3.8, 4) is 0 Å². The van der Waals surface area contributed by atoms with E-state index in [1.54, 1.807) is 11.9 Å². The van der Waals surface area contributed by atoms with Gasteiger partial charge in [0.15, 0.2) is 0 Å². The predicted molar refractivity (Wildman–Crippen MR) is 78.7 cm³/mol. The molecule has 6 nitrogen and oxygen atoms in total. The van der Waals surface area contributed by atoms with Crippen LogP contribution >= 0.6 is 0 Å². The molecule has 1 aliphatic heterocycles. The van der Waals surface area contributed by atoms with E-state index >= 15 is 0 Å². The van der Waals surface area contributed by atoms with Crippen molar-refractivity contribution in [2.24, 2.45) is 5.73 Å². The Bertz CT molecular complexity index is 303. The maximum atomic E-state index is 11.8. The first-order valence-corrected chi connectivity index (χ1v) is 7.30. The highest BCUT2D eigenvalue weighted by atomic mass is 16.6. The molecule has 118 valence electrons. The normalized spacial score (nSPS) is 20.8. The molecule has 1 atom stereocenters. The number of nitrogens with zero attached hydrogens (tertiary/aromatic N) is 2. The molecular formula is C14H29N3O3. The Labute approximate surface area is 122 Å². The quantitative estimate of drug-likeness (QED) is 0.814. The average molecular weight is 287 g/mol. The fourth-order valence-electron chi connectivity index (χ4n) is 2.07. The van der Waals surface area contributed by atoms with Gasteiger partial charge in [-0.2, -0.15) is 0 Å². The van der Waals surface area contributed by atoms with E-state index < -0.39 is 5.60 Å². The molecule has 0 unspecified atom stereocenters. The van der Waals surface area contributed by atoms with Crippen LogP contribution in [0.25, 0.3) is 0 Å². The van der Waals surface area contributed by atoms with Crippen LogP contribution in [0.4, 0.5) is 4.79 Å². The summed E-state index contributed by atoms with van der Waals surface area (Å²) >= 11 is 0. The predicted octanol–water partition coefficient (Wildman–Crippen LogP) is 0.903. The van der Waals surface area contributed by atoms with Crippen molar-refractivity contribution in [2.45, 2.75) is 38.9 Å². The van der Waals surface area contributed by atoms with Crippen LogP contribution in [0, 0.1) is 0 Å². The highest BCUT2D eigenvalue weighted by Gasteiger charge is 2.22. The van der Waals surface area contributed by atoms with Gasteiger partial charge in [0.2, 0.25) is 0 Å². The number of carbonyl (C=O) groups excluding carboxylic acids is 1. The van der Waals surface area contributed by atoms with Crippen molar-refractivity contribution in [3.63, 3.8) is 0 Å². The van der Waals surface area contributed by atoms with Crippen LogP contribution in [0.5, 0.6) is 0 Å². The molecule has 1 saturated heterocycles. The lowest BCUT2D eigenvalue weighted by Crippen LogP contribution is -2.46. The third-order valence-electron chi connectivity index (χ3n) is 3.17. The number of rotatable bonds is 5. The largest absolute Gasteiger partial charge is 0.444 e. The van der Waals surface area contributed by atoms with Crippen molar-refractivity contribution in [1.29, 1.82) is 0 Å². The lowest BCUT2D eigenvalue weighted by Gasteiger charge is -2.34. The average Bonchev–Trinajstić information content (AvgIpc) is 2.35. The number of carbonyl (C=O) groups is 1. The number of hydrogen-bond acceptors (Lipinski definition) is 5. The first-order chi connectivity index (χ1) is 9.31. The van der Waals surface area contributed by atoms with Crippen molar-refractivity contribution < 1.29 is 14.3 Å². The molecule has 0 saturated carbocycles. The van der Waals surface area contributed by atoms with E-state index in [0.717, 1.165) is 32.7 Å². The second-order valence-corrected chi connectivity index (χ2v) is 6.27. The van der Waals surface area contributed by atoms with Gasteiger partial charge in [-0.25, -0.2) is 4.79 Å². The van der Waals surface area contributed by atoms with Crippen LogP contribution in [0.1, 0.15) is 27.2 Å². The Balaban J connectivity index is 2.29. The molecule has 0 aromatic carbocycles. The van der Waals surface area contributed by atoms with E-state index in [0.29, 0.717) is 13.1 Å². The Hall–Kier alpha value is -0.850. The Morgan fingerprint density at radius 3 is 2.80 bits per heavy atom. The van der Waals surface area contributed by atoms with Gasteiger partial charge in [0.1, 0.15) is 5.60 Å². The van der Waals surface area contributed by atoms with Gasteiger partial charge in [0.05, 0.1) is 12.7 Å². The smallest absolute Gasteiger partial charge is 0.410 e. The second kappa shape index (κ2) is 7.81. The van der Waals surface area contributed by atoms with Gasteiger partial charge in [0, 0.05) is 33.2 Å². The molecule has 0 aliphatic carbocycles. The van der Waals surface area contributed by atoms with E-state index in [1.807, 2.05) is 20.8 Å². The van der Waals surface area contributed by atoms with Crippen molar-refractivity contribution in [3.05, 3.63) is 0 Å². The summed E-state index contributed by atoms with van der Waals surface area (Å²) in [5.41, 5.74) is 5.11. The van der Waals surface area contributed by atoms with Crippen LogP contribution in [-0.2, 0) is 9.47 Å². The minimum Gasteiger partial charge on any atom is -0.444 e. The zero-order chi connectivity index (χ0) is 15.2. The summed E-state index contributed by atoms with van der Waals surface area (Å²) in [6.45, 7) is 10.3. The minimum atomic E-state index is -0.448. The van der Waals surface area contributed by atoms with Gasteiger partial charge in [-0.15, -0.1) is 0 Å². The standard InChI is InChI=1S/C14H29N3O3/c1-14(2,3)20-13(18)16(4)7-8-17-9-10-19-12(11-17)5-6-15/h12H,5-11,15H2,1-4H3/t12-/m0/s1. The van der Waals surface area contributed by atoms with Gasteiger partial charge in [0.25, 0.3) is 0 Å². The van der Waals surface area contributed by atoms with E-state index in [9.17, 15) is 4.79 Å². The van der Waals surface area contributed by atoms with Gasteiger partial charge in [-0.3, -0.25) is 4.90 Å². The third-order valence-corrected chi connectivity index (χ3v) is 3.17. The SMILES string of the molecule is CN(CCN1CCO[C@@H](CCN)C1)C(=O)OC(C)(C)C. The maximum absolute atomic E-state index is 11.8. The van der Waals surface area contributed by atoms with Crippen LogP contribution in [0.2, 0.25) is 0 Å². The summed E-state index contributed by atoms with van der Waals surface area (Å²) in [4.78, 5) is 15.8. The fraction of sp³-hybridized carbons (Fsp3) is 0.929. The molecule has 0 aromatic heterocycles. The summed E-state index contributed by atoms with van der Waals surface area (Å²) in [6.07, 6.45) is 0.836. The van der Waals surface area contributed by atoms with Crippen LogP contribution < -0.4 is 5.73 Å². The Kier molecular flexibility index (Phi) is 6.71. The molecule has 20 heavy (non-hydrogen) atoms. The number of morpholine rings is 1. The fourth-order valence-corrected chi connectivity index (χ4v) is 2.07. The lowest BCUT2D eigenvalue weighted by atomic mass is 10.2. The lowest BCUT2D eigenvalue weighted by molar-refractivity contribution is -0.0330. The molecule has 1 amide bonds. The summed E-state index contributed by atoms with van der Waals surface area (Å²) in [6, 6.07) is 0. The third kappa shape index (κ3) is 6.54. The van der Waals surface area contributed by atoms with E-state index in [2.05, 4.69) is 4.90 Å². The summed E-state index contributed by atoms with van der Waals surface area (Å²) in [5.74, 6) is 0. The Morgan fingerprint density at radius 2 is 2.20 bits per heavy atom. The zero-order valence-corrected chi connectivity index (χ0v) is 13.2. The van der Waals surface area contributed by atoms with E-state index in [1.165, 1.54) is 0 Å². The topological polar surface area (TPSA) is 68.0 Å². The minimum absolute atomic E-state index is 0.223. The van der Waals surface area contributed by atoms with Crippen molar-refractivity contribution in [1.82, 2.24) is 9.80 Å². The molecule has 0 radical (unpaired) electrons. The van der Waals surface area contributed by atoms with E-state index in [4.69, 9.17) is 15.2 Å². The summed E-state index contributed by atoms with van der Waals surface area (Å²) in [7, 11) is 1.77. The first kappa shape index (κ1) is 17.2. The molecule has 1 heterocycles.